The van der Waals surface area contributed by atoms with Gasteiger partial charge < -0.3 is 0 Å². The van der Waals surface area contributed by atoms with Gasteiger partial charge in [-0.05, 0) is 40.8 Å². The van der Waals surface area contributed by atoms with E-state index in [0.29, 0.717) is 0 Å². The second-order valence-corrected chi connectivity index (χ2v) is 5.56. The Morgan fingerprint density at radius 1 is 1.24 bits per heavy atom. The Balaban J connectivity index is 2.19. The zero-order chi connectivity index (χ0) is 11.8. The monoisotopic (exact) mass is 286 g/mol. The van der Waals surface area contributed by atoms with Crippen LogP contribution < -0.4 is 0 Å². The van der Waals surface area contributed by atoms with Gasteiger partial charge in [0.1, 0.15) is 0 Å². The van der Waals surface area contributed by atoms with Gasteiger partial charge in [-0.1, -0.05) is 65.2 Å². The minimum absolute atomic E-state index is 1.13. The molecule has 0 atom stereocenters. The second-order valence-electron chi connectivity index (χ2n) is 4.70. The first-order valence-electron chi connectivity index (χ1n) is 6.19. The highest BCUT2D eigenvalue weighted by atomic mass is 79.9. The molecule has 0 unspecified atom stereocenters. The van der Waals surface area contributed by atoms with Gasteiger partial charge in [-0.2, -0.15) is 0 Å². The van der Waals surface area contributed by atoms with Crippen LogP contribution in [0.1, 0.15) is 30.9 Å². The third-order valence-electron chi connectivity index (χ3n) is 3.47. The van der Waals surface area contributed by atoms with Crippen molar-refractivity contribution in [2.75, 3.05) is 0 Å². The number of hydrogen-bond donors (Lipinski definition) is 0. The molecule has 0 nitrogen and oxygen atoms in total. The van der Waals surface area contributed by atoms with Gasteiger partial charge in [0.25, 0.3) is 0 Å². The van der Waals surface area contributed by atoms with Crippen LogP contribution in [-0.4, -0.2) is 0 Å². The molecule has 17 heavy (non-hydrogen) atoms. The van der Waals surface area contributed by atoms with E-state index in [4.69, 9.17) is 0 Å². The molecule has 86 valence electrons. The highest BCUT2D eigenvalue weighted by Gasteiger charge is 2.17. The van der Waals surface area contributed by atoms with Crippen molar-refractivity contribution in [3.05, 3.63) is 51.5 Å². The van der Waals surface area contributed by atoms with Crippen LogP contribution in [0.25, 0.3) is 16.8 Å². The van der Waals surface area contributed by atoms with Crippen molar-refractivity contribution >= 4 is 32.8 Å². The smallest absolute Gasteiger partial charge is 0.0256 e. The fraction of sp³-hybridized carbons (Fsp3) is 0.250. The molecule has 3 rings (SSSR count). The first-order chi connectivity index (χ1) is 8.29. The van der Waals surface area contributed by atoms with Crippen molar-refractivity contribution in [1.29, 1.82) is 0 Å². The van der Waals surface area contributed by atoms with E-state index in [9.17, 15) is 0 Å². The number of rotatable bonds is 2. The van der Waals surface area contributed by atoms with Crippen molar-refractivity contribution in [3.63, 3.8) is 0 Å². The second kappa shape index (κ2) is 4.30. The van der Waals surface area contributed by atoms with Crippen LogP contribution in [0.15, 0.2) is 40.4 Å². The molecule has 1 heteroatoms. The maximum absolute atomic E-state index is 3.70. The molecule has 2 aromatic rings. The normalized spacial score (nSPS) is 13.9. The predicted molar refractivity (Wildman–Crippen MR) is 78.2 cm³/mol. The summed E-state index contributed by atoms with van der Waals surface area (Å²) in [6.45, 7) is 2.25. The van der Waals surface area contributed by atoms with Gasteiger partial charge in [0.2, 0.25) is 0 Å². The zero-order valence-electron chi connectivity index (χ0n) is 9.96. The number of fused-ring (bicyclic) bond motifs is 3. The molecule has 0 heterocycles. The lowest BCUT2D eigenvalue weighted by molar-refractivity contribution is 0.888. The number of halogens is 1. The average molecular weight is 287 g/mol. The first kappa shape index (κ1) is 11.0. The van der Waals surface area contributed by atoms with Gasteiger partial charge in [-0.25, -0.2) is 0 Å². The average Bonchev–Trinajstić information content (AvgIpc) is 2.74. The fourth-order valence-electron chi connectivity index (χ4n) is 2.71. The third-order valence-corrected chi connectivity index (χ3v) is 4.13. The van der Waals surface area contributed by atoms with E-state index in [1.807, 2.05) is 0 Å². The van der Waals surface area contributed by atoms with Gasteiger partial charge in [-0.15, -0.1) is 0 Å². The Morgan fingerprint density at radius 2 is 2.06 bits per heavy atom. The summed E-state index contributed by atoms with van der Waals surface area (Å²) >= 11 is 3.70. The summed E-state index contributed by atoms with van der Waals surface area (Å²) in [7, 11) is 0. The summed E-state index contributed by atoms with van der Waals surface area (Å²) in [6, 6.07) is 10.9. The summed E-state index contributed by atoms with van der Waals surface area (Å²) in [5, 5.41) is 2.75. The van der Waals surface area contributed by atoms with E-state index in [1.54, 1.807) is 5.57 Å². The van der Waals surface area contributed by atoms with Gasteiger partial charge in [0, 0.05) is 4.47 Å². The maximum Gasteiger partial charge on any atom is 0.0256 e. The summed E-state index contributed by atoms with van der Waals surface area (Å²) < 4.78 is 1.23. The standard InChI is InChI=1S/C16H15Br/c1-2-5-11-8-14-13-7-4-3-6-12(13)10-16(17)15(14)9-11/h3-4,6-7,9-10H,2,5,8H2,1H3. The van der Waals surface area contributed by atoms with Gasteiger partial charge in [0.15, 0.2) is 0 Å². The molecule has 0 radical (unpaired) electrons. The summed E-state index contributed by atoms with van der Waals surface area (Å²) in [5.41, 5.74) is 4.46. The zero-order valence-corrected chi connectivity index (χ0v) is 11.5. The number of benzene rings is 2. The van der Waals surface area contributed by atoms with Crippen molar-refractivity contribution < 1.29 is 0 Å². The van der Waals surface area contributed by atoms with E-state index in [0.717, 1.165) is 6.42 Å². The van der Waals surface area contributed by atoms with Crippen LogP contribution in [0.4, 0.5) is 0 Å². The highest BCUT2D eigenvalue weighted by Crippen LogP contribution is 2.38. The predicted octanol–water partition coefficient (Wildman–Crippen LogP) is 5.34. The Kier molecular flexibility index (Phi) is 2.79. The van der Waals surface area contributed by atoms with Gasteiger partial charge >= 0.3 is 0 Å². The lowest BCUT2D eigenvalue weighted by atomic mass is 9.99. The molecule has 0 N–H and O–H groups in total. The SMILES string of the molecule is CCCC1=Cc2c(Br)cc3ccccc3c2C1. The molecule has 0 aliphatic heterocycles. The Labute approximate surface area is 110 Å². The van der Waals surface area contributed by atoms with Crippen LogP contribution in [0, 0.1) is 0 Å². The molecule has 0 saturated carbocycles. The lowest BCUT2D eigenvalue weighted by Gasteiger charge is -2.07. The quantitative estimate of drug-likeness (QED) is 0.699. The van der Waals surface area contributed by atoms with Gasteiger partial charge in [-0.3, -0.25) is 0 Å². The lowest BCUT2D eigenvalue weighted by Crippen LogP contribution is -1.88. The minimum atomic E-state index is 1.13. The van der Waals surface area contributed by atoms with Crippen molar-refractivity contribution in [2.45, 2.75) is 26.2 Å². The molecular weight excluding hydrogens is 272 g/mol. The number of allylic oxidation sites excluding steroid dienone is 1. The first-order valence-corrected chi connectivity index (χ1v) is 6.98. The maximum atomic E-state index is 3.70. The molecule has 2 aromatic carbocycles. The van der Waals surface area contributed by atoms with E-state index >= 15 is 0 Å². The topological polar surface area (TPSA) is 0 Å². The molecule has 0 spiro atoms. The minimum Gasteiger partial charge on any atom is -0.0651 e. The van der Waals surface area contributed by atoms with E-state index < -0.39 is 0 Å². The molecule has 1 aliphatic rings. The summed E-state index contributed by atoms with van der Waals surface area (Å²) in [6.07, 6.45) is 5.95. The Bertz CT molecular complexity index is 608. The van der Waals surface area contributed by atoms with Crippen molar-refractivity contribution in [2.24, 2.45) is 0 Å². The Morgan fingerprint density at radius 3 is 2.88 bits per heavy atom. The van der Waals surface area contributed by atoms with E-state index in [2.05, 4.69) is 59.3 Å². The van der Waals surface area contributed by atoms with Crippen LogP contribution in [0.5, 0.6) is 0 Å². The van der Waals surface area contributed by atoms with Crippen molar-refractivity contribution in [3.8, 4) is 0 Å². The molecule has 0 bridgehead atoms. The van der Waals surface area contributed by atoms with E-state index in [1.165, 1.54) is 39.2 Å². The van der Waals surface area contributed by atoms with Crippen LogP contribution in [0.3, 0.4) is 0 Å². The highest BCUT2D eigenvalue weighted by molar-refractivity contribution is 9.10. The third kappa shape index (κ3) is 1.83. The van der Waals surface area contributed by atoms with Crippen LogP contribution >= 0.6 is 15.9 Å². The molecule has 0 fully saturated rings. The van der Waals surface area contributed by atoms with Crippen molar-refractivity contribution in [1.82, 2.24) is 0 Å². The fourth-order valence-corrected chi connectivity index (χ4v) is 3.31. The largest absolute Gasteiger partial charge is 0.0651 e. The number of hydrogen-bond acceptors (Lipinski definition) is 0. The van der Waals surface area contributed by atoms with Gasteiger partial charge in [0.05, 0.1) is 0 Å². The molecular formula is C16H15Br. The van der Waals surface area contributed by atoms with E-state index in [-0.39, 0.29) is 0 Å². The van der Waals surface area contributed by atoms with Crippen LogP contribution in [-0.2, 0) is 6.42 Å². The van der Waals surface area contributed by atoms with Crippen LogP contribution in [0.2, 0.25) is 0 Å². The summed E-state index contributed by atoms with van der Waals surface area (Å²) in [5.74, 6) is 0. The molecule has 0 amide bonds. The molecule has 0 saturated heterocycles. The molecule has 1 aliphatic carbocycles. The Hall–Kier alpha value is -1.08. The summed E-state index contributed by atoms with van der Waals surface area (Å²) in [4.78, 5) is 0. The molecule has 0 aromatic heterocycles.